The van der Waals surface area contributed by atoms with Crippen LogP contribution >= 0.6 is 0 Å². The number of methoxy groups -OCH3 is 1. The van der Waals surface area contributed by atoms with Crippen LogP contribution in [0.25, 0.3) is 16.6 Å². The Bertz CT molecular complexity index is 1070. The van der Waals surface area contributed by atoms with Gasteiger partial charge in [-0.25, -0.2) is 9.78 Å². The Balaban J connectivity index is 2.47. The number of nitrogen functional groups attached to an aromatic ring is 1. The number of aryl methyl sites for hydroxylation is 1. The minimum Gasteiger partial charge on any atom is -0.464 e. The van der Waals surface area contributed by atoms with Gasteiger partial charge in [-0.3, -0.25) is 4.79 Å². The van der Waals surface area contributed by atoms with E-state index in [-0.39, 0.29) is 22.5 Å². The molecule has 3 aromatic rings. The lowest BCUT2D eigenvalue weighted by Crippen LogP contribution is -2.14. The van der Waals surface area contributed by atoms with E-state index in [1.165, 1.54) is 24.2 Å². The fourth-order valence-electron chi connectivity index (χ4n) is 2.62. The minimum absolute atomic E-state index is 0.0191. The number of carbonyl (C=O) groups is 1. The number of hydrogen-bond acceptors (Lipinski definition) is 6. The van der Waals surface area contributed by atoms with Crippen LogP contribution in [-0.2, 0) is 4.74 Å². The van der Waals surface area contributed by atoms with Gasteiger partial charge in [-0.15, -0.1) is 0 Å². The summed E-state index contributed by atoms with van der Waals surface area (Å²) in [6, 6.07) is 5.32. The quantitative estimate of drug-likeness (QED) is 0.684. The van der Waals surface area contributed by atoms with Gasteiger partial charge in [0.05, 0.1) is 35.8 Å². The zero-order valence-corrected chi connectivity index (χ0v) is 13.0. The molecule has 120 valence electrons. The molecule has 0 atom stereocenters. The van der Waals surface area contributed by atoms with Crippen molar-refractivity contribution < 1.29 is 9.53 Å². The van der Waals surface area contributed by atoms with Crippen molar-refractivity contribution in [1.82, 2.24) is 14.5 Å². The number of nitrogens with two attached hydrogens (primary N) is 1. The van der Waals surface area contributed by atoms with Gasteiger partial charge in [0.15, 0.2) is 5.69 Å². The number of benzene rings is 1. The predicted molar refractivity (Wildman–Crippen MR) is 86.9 cm³/mol. The van der Waals surface area contributed by atoms with Gasteiger partial charge in [0.25, 0.3) is 5.56 Å². The maximum Gasteiger partial charge on any atom is 0.357 e. The van der Waals surface area contributed by atoms with Crippen LogP contribution in [0.2, 0.25) is 0 Å². The monoisotopic (exact) mass is 323 g/mol. The maximum absolute atomic E-state index is 12.2. The van der Waals surface area contributed by atoms with Crippen molar-refractivity contribution in [3.05, 3.63) is 51.8 Å². The van der Waals surface area contributed by atoms with Gasteiger partial charge in [0.1, 0.15) is 11.6 Å². The number of aromatic amines is 1. The Morgan fingerprint density at radius 2 is 2.21 bits per heavy atom. The molecule has 0 fully saturated rings. The average molecular weight is 323 g/mol. The second-order valence-corrected chi connectivity index (χ2v) is 5.14. The Hall–Kier alpha value is -3.60. The first-order valence-corrected chi connectivity index (χ1v) is 6.96. The molecule has 2 heterocycles. The number of hydrogen-bond donors (Lipinski definition) is 2. The molecule has 0 saturated heterocycles. The van der Waals surface area contributed by atoms with Gasteiger partial charge < -0.3 is 20.0 Å². The van der Waals surface area contributed by atoms with Crippen molar-refractivity contribution in [1.29, 1.82) is 5.26 Å². The van der Waals surface area contributed by atoms with Crippen LogP contribution in [-0.4, -0.2) is 27.6 Å². The number of H-pyrrole nitrogens is 1. The van der Waals surface area contributed by atoms with E-state index < -0.39 is 5.97 Å². The molecule has 0 aliphatic heterocycles. The third-order valence-corrected chi connectivity index (χ3v) is 3.77. The third kappa shape index (κ3) is 2.11. The van der Waals surface area contributed by atoms with Gasteiger partial charge in [0.2, 0.25) is 0 Å². The van der Waals surface area contributed by atoms with Crippen LogP contribution in [0.1, 0.15) is 21.6 Å². The predicted octanol–water partition coefficient (Wildman–Crippen LogP) is 1.26. The molecule has 1 aromatic carbocycles. The number of nitrogens with one attached hydrogen (secondary N) is 1. The molecular formula is C16H13N5O3. The van der Waals surface area contributed by atoms with Crippen molar-refractivity contribution >= 4 is 22.6 Å². The first kappa shape index (κ1) is 15.3. The van der Waals surface area contributed by atoms with Crippen LogP contribution in [0, 0.1) is 18.3 Å². The molecule has 8 nitrogen and oxygen atoms in total. The number of fused-ring (bicyclic) bond motifs is 1. The molecule has 3 rings (SSSR count). The summed E-state index contributed by atoms with van der Waals surface area (Å²) in [7, 11) is 1.23. The highest BCUT2D eigenvalue weighted by Crippen LogP contribution is 2.29. The van der Waals surface area contributed by atoms with E-state index in [2.05, 4.69) is 9.97 Å². The van der Waals surface area contributed by atoms with Gasteiger partial charge in [0, 0.05) is 6.20 Å². The molecule has 0 unspecified atom stereocenters. The number of aromatic nitrogens is 3. The average Bonchev–Trinajstić information content (AvgIpc) is 2.90. The number of ether oxygens (including phenoxy) is 1. The lowest BCUT2D eigenvalue weighted by Gasteiger charge is -2.13. The van der Waals surface area contributed by atoms with Crippen molar-refractivity contribution in [2.45, 2.75) is 6.92 Å². The molecule has 24 heavy (non-hydrogen) atoms. The summed E-state index contributed by atoms with van der Waals surface area (Å²) in [5.41, 5.74) is 7.43. The lowest BCUT2D eigenvalue weighted by molar-refractivity contribution is 0.0593. The van der Waals surface area contributed by atoms with Crippen molar-refractivity contribution in [2.24, 2.45) is 0 Å². The number of anilines is 1. The fourth-order valence-corrected chi connectivity index (χ4v) is 2.62. The van der Waals surface area contributed by atoms with Crippen LogP contribution in [0.3, 0.4) is 0 Å². The molecule has 3 N–H and O–H groups in total. The third-order valence-electron chi connectivity index (χ3n) is 3.77. The van der Waals surface area contributed by atoms with E-state index in [1.54, 1.807) is 19.1 Å². The number of carbonyl (C=O) groups excluding carboxylic acids is 1. The number of esters is 1. The normalized spacial score (nSPS) is 10.5. The van der Waals surface area contributed by atoms with E-state index in [0.29, 0.717) is 16.6 Å². The van der Waals surface area contributed by atoms with Gasteiger partial charge in [-0.05, 0) is 18.6 Å². The molecule has 0 saturated carbocycles. The SMILES string of the molecule is COC(=O)c1c(N)c(C#N)cn1-c1c(C)ccc2c(=O)[nH]cnc12. The summed E-state index contributed by atoms with van der Waals surface area (Å²) in [5, 5.41) is 9.58. The largest absolute Gasteiger partial charge is 0.464 e. The van der Waals surface area contributed by atoms with Crippen molar-refractivity contribution in [3.63, 3.8) is 0 Å². The molecule has 0 radical (unpaired) electrons. The molecule has 0 aliphatic rings. The number of nitriles is 1. The molecular weight excluding hydrogens is 310 g/mol. The van der Waals surface area contributed by atoms with Gasteiger partial charge in [-0.2, -0.15) is 5.26 Å². The first-order chi connectivity index (χ1) is 11.5. The van der Waals surface area contributed by atoms with Gasteiger partial charge in [-0.1, -0.05) is 6.07 Å². The highest BCUT2D eigenvalue weighted by Gasteiger charge is 2.24. The molecule has 0 amide bonds. The molecule has 8 heteroatoms. The second-order valence-electron chi connectivity index (χ2n) is 5.14. The zero-order chi connectivity index (χ0) is 17.4. The Kier molecular flexibility index (Phi) is 3.54. The summed E-state index contributed by atoms with van der Waals surface area (Å²) < 4.78 is 6.22. The summed E-state index contributed by atoms with van der Waals surface area (Å²) in [5.74, 6) is -0.685. The van der Waals surface area contributed by atoms with Crippen LogP contribution in [0.5, 0.6) is 0 Å². The Morgan fingerprint density at radius 3 is 2.88 bits per heavy atom. The lowest BCUT2D eigenvalue weighted by atomic mass is 10.1. The van der Waals surface area contributed by atoms with E-state index >= 15 is 0 Å². The topological polar surface area (TPSA) is 127 Å². The second kappa shape index (κ2) is 5.55. The van der Waals surface area contributed by atoms with Crippen LogP contribution in [0.15, 0.2) is 29.5 Å². The maximum atomic E-state index is 12.2. The smallest absolute Gasteiger partial charge is 0.357 e. The molecule has 2 aromatic heterocycles. The van der Waals surface area contributed by atoms with E-state index in [0.717, 1.165) is 5.56 Å². The highest BCUT2D eigenvalue weighted by molar-refractivity contribution is 5.97. The van der Waals surface area contributed by atoms with E-state index in [1.807, 2.05) is 6.07 Å². The molecule has 0 aliphatic carbocycles. The fraction of sp³-hybridized carbons (Fsp3) is 0.125. The van der Waals surface area contributed by atoms with Gasteiger partial charge >= 0.3 is 5.97 Å². The summed E-state index contributed by atoms with van der Waals surface area (Å²) in [4.78, 5) is 30.9. The Morgan fingerprint density at radius 1 is 1.46 bits per heavy atom. The van der Waals surface area contributed by atoms with E-state index in [4.69, 9.17) is 10.5 Å². The standard InChI is InChI=1S/C16H13N5O3/c1-8-3-4-10-12(19-7-20-15(10)22)13(8)21-6-9(5-17)11(18)14(21)16(23)24-2/h3-4,6-7H,18H2,1-2H3,(H,19,20,22). The van der Waals surface area contributed by atoms with Crippen LogP contribution < -0.4 is 11.3 Å². The molecule has 0 spiro atoms. The van der Waals surface area contributed by atoms with Crippen molar-refractivity contribution in [2.75, 3.05) is 12.8 Å². The van der Waals surface area contributed by atoms with E-state index in [9.17, 15) is 14.9 Å². The minimum atomic E-state index is -0.685. The highest BCUT2D eigenvalue weighted by atomic mass is 16.5. The Labute approximate surface area is 136 Å². The first-order valence-electron chi connectivity index (χ1n) is 6.96. The summed E-state index contributed by atoms with van der Waals surface area (Å²) >= 11 is 0. The summed E-state index contributed by atoms with van der Waals surface area (Å²) in [6.07, 6.45) is 2.72. The number of rotatable bonds is 2. The van der Waals surface area contributed by atoms with Crippen molar-refractivity contribution in [3.8, 4) is 11.8 Å². The zero-order valence-electron chi connectivity index (χ0n) is 13.0. The summed E-state index contributed by atoms with van der Waals surface area (Å²) in [6.45, 7) is 1.81. The molecule has 0 bridgehead atoms. The van der Waals surface area contributed by atoms with Crippen LogP contribution in [0.4, 0.5) is 5.69 Å². The number of nitrogens with zero attached hydrogens (tertiary/aromatic N) is 3.